The monoisotopic (exact) mass is 360 g/mol. The summed E-state index contributed by atoms with van der Waals surface area (Å²) in [7, 11) is -1.22. The third-order valence-electron chi connectivity index (χ3n) is 4.36. The van der Waals surface area contributed by atoms with Crippen LogP contribution in [0.3, 0.4) is 0 Å². The van der Waals surface area contributed by atoms with Crippen LogP contribution in [0.15, 0.2) is 53.4 Å². The minimum Gasteiger partial charge on any atom is -0.489 e. The van der Waals surface area contributed by atoms with Crippen molar-refractivity contribution in [1.82, 2.24) is 5.32 Å². The van der Waals surface area contributed by atoms with E-state index in [1.165, 1.54) is 11.8 Å². The molecule has 1 saturated heterocycles. The van der Waals surface area contributed by atoms with E-state index >= 15 is 0 Å². The van der Waals surface area contributed by atoms with Crippen molar-refractivity contribution in [1.29, 1.82) is 0 Å². The zero-order chi connectivity index (χ0) is 17.9. The Bertz CT molecular complexity index is 819. The smallest absolute Gasteiger partial charge is 0.175 e. The van der Waals surface area contributed by atoms with E-state index < -0.39 is 9.84 Å². The summed E-state index contributed by atoms with van der Waals surface area (Å²) in [6.45, 7) is 2.52. The van der Waals surface area contributed by atoms with Crippen LogP contribution < -0.4 is 15.0 Å². The summed E-state index contributed by atoms with van der Waals surface area (Å²) in [6.07, 6.45) is 2.31. The molecule has 0 saturated carbocycles. The van der Waals surface area contributed by atoms with Gasteiger partial charge in [0.05, 0.1) is 11.4 Å². The van der Waals surface area contributed by atoms with Gasteiger partial charge in [-0.15, -0.1) is 0 Å². The molecule has 1 fully saturated rings. The molecule has 3 rings (SSSR count). The molecule has 6 heteroatoms. The van der Waals surface area contributed by atoms with Gasteiger partial charge in [-0.3, -0.25) is 0 Å². The van der Waals surface area contributed by atoms with Gasteiger partial charge >= 0.3 is 0 Å². The first-order valence-electron chi connectivity index (χ1n) is 8.41. The summed E-state index contributed by atoms with van der Waals surface area (Å²) in [5.74, 6) is 0.895. The molecule has 0 aliphatic carbocycles. The molecule has 0 bridgehead atoms. The van der Waals surface area contributed by atoms with Gasteiger partial charge in [-0.05, 0) is 49.0 Å². The molecule has 0 aromatic heterocycles. The molecule has 1 atom stereocenters. The zero-order valence-electron chi connectivity index (χ0n) is 14.6. The van der Waals surface area contributed by atoms with E-state index in [2.05, 4.69) is 22.3 Å². The lowest BCUT2D eigenvalue weighted by Crippen LogP contribution is -2.24. The van der Waals surface area contributed by atoms with E-state index in [1.807, 2.05) is 31.3 Å². The number of nitrogens with one attached hydrogen (secondary N) is 1. The highest BCUT2D eigenvalue weighted by atomic mass is 32.2. The van der Waals surface area contributed by atoms with Crippen molar-refractivity contribution in [3.05, 3.63) is 54.1 Å². The van der Waals surface area contributed by atoms with Gasteiger partial charge in [0.15, 0.2) is 9.84 Å². The maximum Gasteiger partial charge on any atom is 0.175 e. The average Bonchev–Trinajstić information content (AvgIpc) is 3.03. The fraction of sp³-hybridized carbons (Fsp3) is 0.368. The topological polar surface area (TPSA) is 58.6 Å². The first-order chi connectivity index (χ1) is 12.0. The standard InChI is InChI=1S/C19H24N2O3S/c1-20-13-15-4-3-5-17(12-15)24-18-10-11-21(14-18)16-6-8-19(9-7-16)25(2,22)23/h3-9,12,18,20H,10-11,13-14H2,1-2H3. The molecule has 25 heavy (non-hydrogen) atoms. The van der Waals surface area contributed by atoms with Crippen molar-refractivity contribution < 1.29 is 13.2 Å². The van der Waals surface area contributed by atoms with Crippen LogP contribution in [0, 0.1) is 0 Å². The normalized spacial score (nSPS) is 17.7. The molecule has 1 unspecified atom stereocenters. The average molecular weight is 360 g/mol. The molecule has 2 aromatic carbocycles. The zero-order valence-corrected chi connectivity index (χ0v) is 15.4. The highest BCUT2D eigenvalue weighted by Crippen LogP contribution is 2.25. The Morgan fingerprint density at radius 1 is 1.20 bits per heavy atom. The molecule has 1 aliphatic heterocycles. The number of rotatable bonds is 6. The minimum atomic E-state index is -3.15. The van der Waals surface area contributed by atoms with Gasteiger partial charge in [0, 0.05) is 31.5 Å². The van der Waals surface area contributed by atoms with Gasteiger partial charge in [-0.25, -0.2) is 8.42 Å². The van der Waals surface area contributed by atoms with Gasteiger partial charge < -0.3 is 15.0 Å². The summed E-state index contributed by atoms with van der Waals surface area (Å²) in [5, 5.41) is 3.14. The van der Waals surface area contributed by atoms with Gasteiger partial charge in [0.2, 0.25) is 0 Å². The maximum atomic E-state index is 11.6. The van der Waals surface area contributed by atoms with Gasteiger partial charge in [-0.2, -0.15) is 0 Å². The van der Waals surface area contributed by atoms with Crippen LogP contribution in [0.1, 0.15) is 12.0 Å². The highest BCUT2D eigenvalue weighted by molar-refractivity contribution is 7.90. The Hall–Kier alpha value is -2.05. The number of hydrogen-bond acceptors (Lipinski definition) is 5. The van der Waals surface area contributed by atoms with Crippen LogP contribution in [0.5, 0.6) is 5.75 Å². The second kappa shape index (κ2) is 7.45. The predicted octanol–water partition coefficient (Wildman–Crippen LogP) is 2.47. The number of hydrogen-bond donors (Lipinski definition) is 1. The Morgan fingerprint density at radius 2 is 1.96 bits per heavy atom. The Balaban J connectivity index is 1.63. The molecule has 134 valence electrons. The summed E-state index contributed by atoms with van der Waals surface area (Å²) in [6, 6.07) is 15.2. The van der Waals surface area contributed by atoms with Crippen molar-refractivity contribution >= 4 is 15.5 Å². The number of ether oxygens (including phenoxy) is 1. The van der Waals surface area contributed by atoms with Crippen molar-refractivity contribution in [3.8, 4) is 5.75 Å². The van der Waals surface area contributed by atoms with Crippen molar-refractivity contribution in [3.63, 3.8) is 0 Å². The van der Waals surface area contributed by atoms with Crippen molar-refractivity contribution in [2.45, 2.75) is 24.0 Å². The summed E-state index contributed by atoms with van der Waals surface area (Å²) >= 11 is 0. The minimum absolute atomic E-state index is 0.138. The van der Waals surface area contributed by atoms with E-state index in [1.54, 1.807) is 12.1 Å². The van der Waals surface area contributed by atoms with E-state index in [0.717, 1.165) is 37.5 Å². The molecule has 1 N–H and O–H groups in total. The second-order valence-electron chi connectivity index (χ2n) is 6.42. The quantitative estimate of drug-likeness (QED) is 0.858. The fourth-order valence-corrected chi connectivity index (χ4v) is 3.72. The second-order valence-corrected chi connectivity index (χ2v) is 8.43. The van der Waals surface area contributed by atoms with Crippen LogP contribution in [0.4, 0.5) is 5.69 Å². The van der Waals surface area contributed by atoms with Gasteiger partial charge in [-0.1, -0.05) is 12.1 Å². The largest absolute Gasteiger partial charge is 0.489 e. The molecule has 1 aliphatic rings. The summed E-state index contributed by atoms with van der Waals surface area (Å²) in [5.41, 5.74) is 2.23. The Morgan fingerprint density at radius 3 is 2.64 bits per heavy atom. The van der Waals surface area contributed by atoms with Crippen LogP contribution in [-0.4, -0.2) is 40.9 Å². The Labute approximate surface area is 149 Å². The van der Waals surface area contributed by atoms with Crippen LogP contribution in [0.2, 0.25) is 0 Å². The molecular weight excluding hydrogens is 336 g/mol. The van der Waals surface area contributed by atoms with Crippen molar-refractivity contribution in [2.75, 3.05) is 31.3 Å². The third kappa shape index (κ3) is 4.52. The van der Waals surface area contributed by atoms with E-state index in [9.17, 15) is 8.42 Å². The molecule has 1 heterocycles. The summed E-state index contributed by atoms with van der Waals surface area (Å²) in [4.78, 5) is 2.58. The SMILES string of the molecule is CNCc1cccc(OC2CCN(c3ccc(S(C)(=O)=O)cc3)C2)c1. The molecule has 0 radical (unpaired) electrons. The first kappa shape index (κ1) is 17.8. The predicted molar refractivity (Wildman–Crippen MR) is 100 cm³/mol. The first-order valence-corrected chi connectivity index (χ1v) is 10.3. The van der Waals surface area contributed by atoms with Crippen LogP contribution in [0.25, 0.3) is 0 Å². The molecule has 0 amide bonds. The van der Waals surface area contributed by atoms with Gasteiger partial charge in [0.1, 0.15) is 11.9 Å². The maximum absolute atomic E-state index is 11.6. The molecular formula is C19H24N2O3S. The van der Waals surface area contributed by atoms with E-state index in [4.69, 9.17) is 4.74 Å². The van der Waals surface area contributed by atoms with Gasteiger partial charge in [0.25, 0.3) is 0 Å². The lowest BCUT2D eigenvalue weighted by Gasteiger charge is -2.19. The third-order valence-corrected chi connectivity index (χ3v) is 5.49. The molecule has 0 spiro atoms. The highest BCUT2D eigenvalue weighted by Gasteiger charge is 2.24. The number of sulfone groups is 1. The van der Waals surface area contributed by atoms with E-state index in [-0.39, 0.29) is 6.10 Å². The fourth-order valence-electron chi connectivity index (χ4n) is 3.09. The van der Waals surface area contributed by atoms with Crippen LogP contribution >= 0.6 is 0 Å². The number of anilines is 1. The van der Waals surface area contributed by atoms with E-state index in [0.29, 0.717) is 4.90 Å². The lowest BCUT2D eigenvalue weighted by molar-refractivity contribution is 0.225. The van der Waals surface area contributed by atoms with Crippen molar-refractivity contribution in [2.24, 2.45) is 0 Å². The summed E-state index contributed by atoms with van der Waals surface area (Å²) < 4.78 is 29.2. The van der Waals surface area contributed by atoms with Crippen LogP contribution in [-0.2, 0) is 16.4 Å². The number of nitrogens with zero attached hydrogens (tertiary/aromatic N) is 1. The molecule has 2 aromatic rings. The lowest BCUT2D eigenvalue weighted by atomic mass is 10.2. The number of benzene rings is 2. The molecule has 5 nitrogen and oxygen atoms in total. The Kier molecular flexibility index (Phi) is 5.30.